The van der Waals surface area contributed by atoms with Crippen LogP contribution in [0.5, 0.6) is 23.0 Å². The van der Waals surface area contributed by atoms with Crippen LogP contribution in [0.2, 0.25) is 5.02 Å². The molecule has 1 N–H and O–H groups in total. The highest BCUT2D eigenvalue weighted by Gasteiger charge is 2.18. The van der Waals surface area contributed by atoms with Crippen LogP contribution in [-0.2, 0) is 0 Å². The van der Waals surface area contributed by atoms with E-state index in [0.29, 0.717) is 61.8 Å². The molecule has 0 spiro atoms. The molecule has 0 aliphatic carbocycles. The van der Waals surface area contributed by atoms with Crippen molar-refractivity contribution >= 4 is 34.3 Å². The molecule has 8 nitrogen and oxygen atoms in total. The van der Waals surface area contributed by atoms with Gasteiger partial charge in [-0.3, -0.25) is 4.79 Å². The molecule has 0 saturated heterocycles. The fourth-order valence-electron chi connectivity index (χ4n) is 3.34. The predicted molar refractivity (Wildman–Crippen MR) is 125 cm³/mol. The lowest BCUT2D eigenvalue weighted by atomic mass is 10.2. The number of nitrogens with zero attached hydrogens (tertiary/aromatic N) is 1. The molecule has 1 heterocycles. The summed E-state index contributed by atoms with van der Waals surface area (Å²) < 4.78 is 27.2. The average Bonchev–Trinajstić information content (AvgIpc) is 3.26. The van der Waals surface area contributed by atoms with Crippen molar-refractivity contribution in [2.24, 2.45) is 0 Å². The van der Waals surface area contributed by atoms with Crippen LogP contribution in [-0.4, -0.2) is 39.3 Å². The average molecular weight is 469 g/mol. The number of hydrogen-bond acceptors (Lipinski definition) is 7. The van der Waals surface area contributed by atoms with Gasteiger partial charge in [-0.1, -0.05) is 11.6 Å². The van der Waals surface area contributed by atoms with Crippen molar-refractivity contribution in [1.82, 2.24) is 4.98 Å². The molecule has 4 rings (SSSR count). The fraction of sp³-hybridized carbons (Fsp3) is 0.167. The molecule has 1 amide bonds. The molecule has 3 aromatic carbocycles. The summed E-state index contributed by atoms with van der Waals surface area (Å²) in [6.45, 7) is 0. The first-order chi connectivity index (χ1) is 16.0. The van der Waals surface area contributed by atoms with Gasteiger partial charge >= 0.3 is 0 Å². The molecule has 0 saturated carbocycles. The Morgan fingerprint density at radius 2 is 1.58 bits per heavy atom. The highest BCUT2D eigenvalue weighted by Crippen LogP contribution is 2.41. The summed E-state index contributed by atoms with van der Waals surface area (Å²) in [6, 6.07) is 13.5. The minimum absolute atomic E-state index is 0.313. The van der Waals surface area contributed by atoms with Gasteiger partial charge < -0.3 is 28.7 Å². The third-order valence-electron chi connectivity index (χ3n) is 4.97. The van der Waals surface area contributed by atoms with Gasteiger partial charge in [-0.15, -0.1) is 0 Å². The fourth-order valence-corrected chi connectivity index (χ4v) is 3.60. The maximum absolute atomic E-state index is 12.6. The summed E-state index contributed by atoms with van der Waals surface area (Å²) in [7, 11) is 6.13. The van der Waals surface area contributed by atoms with Gasteiger partial charge in [-0.25, -0.2) is 4.98 Å². The van der Waals surface area contributed by atoms with Crippen molar-refractivity contribution < 1.29 is 28.2 Å². The number of carbonyl (C=O) groups is 1. The largest absolute Gasteiger partial charge is 0.495 e. The summed E-state index contributed by atoms with van der Waals surface area (Å²) in [4.78, 5) is 17.2. The minimum atomic E-state index is -0.313. The highest BCUT2D eigenvalue weighted by molar-refractivity contribution is 6.32. The molecule has 170 valence electrons. The van der Waals surface area contributed by atoms with Gasteiger partial charge in [0, 0.05) is 16.8 Å². The summed E-state index contributed by atoms with van der Waals surface area (Å²) in [5.41, 5.74) is 2.75. The zero-order chi connectivity index (χ0) is 23.5. The van der Waals surface area contributed by atoms with Crippen molar-refractivity contribution in [2.75, 3.05) is 33.8 Å². The molecular formula is C24H21ClN2O6. The van der Waals surface area contributed by atoms with Crippen molar-refractivity contribution in [1.29, 1.82) is 0 Å². The van der Waals surface area contributed by atoms with Gasteiger partial charge in [0.2, 0.25) is 11.6 Å². The number of nitrogens with one attached hydrogen (secondary N) is 1. The van der Waals surface area contributed by atoms with E-state index in [-0.39, 0.29) is 5.91 Å². The molecule has 0 unspecified atom stereocenters. The van der Waals surface area contributed by atoms with E-state index < -0.39 is 0 Å². The van der Waals surface area contributed by atoms with Gasteiger partial charge in [0.25, 0.3) is 5.91 Å². The van der Waals surface area contributed by atoms with Crippen LogP contribution in [0.3, 0.4) is 0 Å². The second-order valence-corrected chi connectivity index (χ2v) is 7.33. The number of carbonyl (C=O) groups excluding carboxylic acids is 1. The number of ether oxygens (including phenoxy) is 4. The number of benzene rings is 3. The van der Waals surface area contributed by atoms with Crippen LogP contribution < -0.4 is 24.3 Å². The van der Waals surface area contributed by atoms with Crippen molar-refractivity contribution in [3.63, 3.8) is 0 Å². The van der Waals surface area contributed by atoms with Gasteiger partial charge in [0.15, 0.2) is 17.1 Å². The second-order valence-electron chi connectivity index (χ2n) is 6.92. The Bertz CT molecular complexity index is 1310. The summed E-state index contributed by atoms with van der Waals surface area (Å²) in [5, 5.41) is 3.19. The number of hydrogen-bond donors (Lipinski definition) is 1. The maximum atomic E-state index is 12.6. The number of aromatic nitrogens is 1. The minimum Gasteiger partial charge on any atom is -0.495 e. The van der Waals surface area contributed by atoms with E-state index in [9.17, 15) is 4.79 Å². The number of anilines is 1. The lowest BCUT2D eigenvalue weighted by Gasteiger charge is -2.12. The number of amides is 1. The first-order valence-corrected chi connectivity index (χ1v) is 10.2. The summed E-state index contributed by atoms with van der Waals surface area (Å²) >= 11 is 6.12. The first kappa shape index (κ1) is 22.3. The molecule has 9 heteroatoms. The van der Waals surface area contributed by atoms with Crippen LogP contribution in [0, 0.1) is 0 Å². The molecule has 4 aromatic rings. The summed E-state index contributed by atoms with van der Waals surface area (Å²) in [5.74, 6) is 2.00. The van der Waals surface area contributed by atoms with E-state index in [1.165, 1.54) is 28.4 Å². The molecule has 0 atom stereocenters. The highest BCUT2D eigenvalue weighted by atomic mass is 35.5. The van der Waals surface area contributed by atoms with Gasteiger partial charge in [-0.05, 0) is 48.5 Å². The number of fused-ring (bicyclic) bond motifs is 1. The van der Waals surface area contributed by atoms with E-state index in [0.717, 1.165) is 0 Å². The van der Waals surface area contributed by atoms with E-state index in [1.54, 1.807) is 48.5 Å². The Kier molecular flexibility index (Phi) is 6.28. The number of oxazole rings is 1. The lowest BCUT2D eigenvalue weighted by Crippen LogP contribution is -2.11. The number of halogens is 1. The van der Waals surface area contributed by atoms with Crippen LogP contribution in [0.25, 0.3) is 22.6 Å². The molecule has 0 aliphatic rings. The van der Waals surface area contributed by atoms with Crippen LogP contribution in [0.4, 0.5) is 5.69 Å². The first-order valence-electron chi connectivity index (χ1n) is 9.83. The molecule has 0 fully saturated rings. The summed E-state index contributed by atoms with van der Waals surface area (Å²) in [6.07, 6.45) is 0. The SMILES string of the molecule is COc1ccc(C(=O)Nc2ccc3oc(-c4cc(OC)c(OC)c(OC)c4)nc3c2)cc1Cl. The maximum Gasteiger partial charge on any atom is 0.255 e. The van der Waals surface area contributed by atoms with E-state index in [1.807, 2.05) is 0 Å². The molecule has 0 bridgehead atoms. The molecule has 0 aliphatic heterocycles. The monoisotopic (exact) mass is 468 g/mol. The van der Waals surface area contributed by atoms with Crippen LogP contribution in [0.15, 0.2) is 52.9 Å². The number of rotatable bonds is 7. The molecular weight excluding hydrogens is 448 g/mol. The Morgan fingerprint density at radius 3 is 2.18 bits per heavy atom. The quantitative estimate of drug-likeness (QED) is 0.386. The normalized spacial score (nSPS) is 10.7. The third kappa shape index (κ3) is 4.38. The Morgan fingerprint density at radius 1 is 0.879 bits per heavy atom. The van der Waals surface area contributed by atoms with Crippen molar-refractivity contribution in [2.45, 2.75) is 0 Å². The standard InChI is InChI=1S/C24H21ClN2O6/c1-29-18-7-5-13(9-16(18)25)23(28)26-15-6-8-19-17(12-15)27-24(33-19)14-10-20(30-2)22(32-4)21(11-14)31-3/h5-12H,1-4H3,(H,26,28). The number of methoxy groups -OCH3 is 4. The zero-order valence-electron chi connectivity index (χ0n) is 18.4. The van der Waals surface area contributed by atoms with Gasteiger partial charge in [0.05, 0.1) is 33.5 Å². The Labute approximate surface area is 195 Å². The Hall–Kier alpha value is -3.91. The van der Waals surface area contributed by atoms with Crippen LogP contribution >= 0.6 is 11.6 Å². The molecule has 1 aromatic heterocycles. The zero-order valence-corrected chi connectivity index (χ0v) is 19.1. The van der Waals surface area contributed by atoms with E-state index in [4.69, 9.17) is 35.0 Å². The lowest BCUT2D eigenvalue weighted by molar-refractivity contribution is 0.102. The van der Waals surface area contributed by atoms with E-state index >= 15 is 0 Å². The molecule has 0 radical (unpaired) electrons. The van der Waals surface area contributed by atoms with Gasteiger partial charge in [0.1, 0.15) is 11.3 Å². The molecule has 33 heavy (non-hydrogen) atoms. The van der Waals surface area contributed by atoms with Crippen molar-refractivity contribution in [3.05, 3.63) is 59.1 Å². The Balaban J connectivity index is 1.63. The predicted octanol–water partition coefficient (Wildman–Crippen LogP) is 5.43. The van der Waals surface area contributed by atoms with Crippen LogP contribution in [0.1, 0.15) is 10.4 Å². The van der Waals surface area contributed by atoms with E-state index in [2.05, 4.69) is 10.3 Å². The van der Waals surface area contributed by atoms with Gasteiger partial charge in [-0.2, -0.15) is 0 Å². The topological polar surface area (TPSA) is 92.1 Å². The third-order valence-corrected chi connectivity index (χ3v) is 5.27. The smallest absolute Gasteiger partial charge is 0.255 e. The second kappa shape index (κ2) is 9.30. The van der Waals surface area contributed by atoms with Crippen molar-refractivity contribution in [3.8, 4) is 34.5 Å².